The lowest BCUT2D eigenvalue weighted by atomic mass is 10.0. The zero-order chi connectivity index (χ0) is 32.6. The monoisotopic (exact) mass is 640 g/mol. The Morgan fingerprint density at radius 2 is 1.47 bits per heavy atom. The molecule has 1 atom stereocenters. The normalized spacial score (nSPS) is 12.6. The molecule has 1 aromatic heterocycles. The molecular weight excluding hydrogens is 604 g/mol. The van der Waals surface area contributed by atoms with Gasteiger partial charge in [0.25, 0.3) is 5.56 Å². The number of benzene rings is 3. The molecule has 45 heavy (non-hydrogen) atoms. The molecule has 238 valence electrons. The molecule has 0 spiro atoms. The first-order valence-corrected chi connectivity index (χ1v) is 15.7. The topological polar surface area (TPSA) is 58.4 Å². The van der Waals surface area contributed by atoms with Gasteiger partial charge in [-0.2, -0.15) is 18.2 Å². The summed E-state index contributed by atoms with van der Waals surface area (Å²) in [6.45, 7) is 9.12. The Morgan fingerprint density at radius 1 is 0.889 bits per heavy atom. The number of halogens is 4. The largest absolute Gasteiger partial charge is 0.416 e. The molecule has 11 heteroatoms. The van der Waals surface area contributed by atoms with E-state index in [1.54, 1.807) is 29.8 Å². The van der Waals surface area contributed by atoms with Gasteiger partial charge in [0, 0.05) is 37.1 Å². The molecule has 4 rings (SSSR count). The Bertz CT molecular complexity index is 1600. The van der Waals surface area contributed by atoms with Gasteiger partial charge < -0.3 is 9.47 Å². The molecule has 1 heterocycles. The second-order valence-electron chi connectivity index (χ2n) is 10.7. The number of aryl methyl sites for hydroxylation is 1. The van der Waals surface area contributed by atoms with Gasteiger partial charge in [0.2, 0.25) is 0 Å². The van der Waals surface area contributed by atoms with Crippen molar-refractivity contribution in [3.8, 4) is 11.1 Å². The van der Waals surface area contributed by atoms with Gasteiger partial charge in [-0.15, -0.1) is 0 Å². The highest BCUT2D eigenvalue weighted by Crippen LogP contribution is 2.31. The van der Waals surface area contributed by atoms with Crippen molar-refractivity contribution in [2.24, 2.45) is 0 Å². The van der Waals surface area contributed by atoms with E-state index in [0.29, 0.717) is 41.7 Å². The molecule has 0 saturated carbocycles. The first kappa shape index (κ1) is 34.1. The van der Waals surface area contributed by atoms with E-state index in [1.807, 2.05) is 29.2 Å². The number of carbonyl (C=O) groups excluding carboxylic acids is 1. The molecule has 0 aliphatic rings. The molecule has 3 aromatic carbocycles. The van der Waals surface area contributed by atoms with Crippen molar-refractivity contribution < 1.29 is 22.4 Å². The summed E-state index contributed by atoms with van der Waals surface area (Å²) >= 11 is 1.29. The molecule has 1 unspecified atom stereocenters. The van der Waals surface area contributed by atoms with E-state index >= 15 is 0 Å². The van der Waals surface area contributed by atoms with Crippen LogP contribution in [0.15, 0.2) is 88.9 Å². The van der Waals surface area contributed by atoms with Gasteiger partial charge in [-0.25, -0.2) is 4.39 Å². The molecule has 0 N–H and O–H groups in total. The fourth-order valence-electron chi connectivity index (χ4n) is 4.91. The average Bonchev–Trinajstić information content (AvgIpc) is 3.03. The van der Waals surface area contributed by atoms with Crippen LogP contribution in [0, 0.1) is 12.7 Å². The van der Waals surface area contributed by atoms with Crippen molar-refractivity contribution in [2.45, 2.75) is 50.6 Å². The van der Waals surface area contributed by atoms with Gasteiger partial charge in [0.15, 0.2) is 11.4 Å². The van der Waals surface area contributed by atoms with Crippen LogP contribution in [0.2, 0.25) is 0 Å². The van der Waals surface area contributed by atoms with Gasteiger partial charge in [-0.05, 0) is 66.5 Å². The lowest BCUT2D eigenvalue weighted by Gasteiger charge is -2.33. The van der Waals surface area contributed by atoms with Gasteiger partial charge >= 0.3 is 6.18 Å². The molecule has 0 saturated heterocycles. The predicted octanol–water partition coefficient (Wildman–Crippen LogP) is 7.21. The standard InChI is InChI=1S/C34H36F4N4O2S/c1-4-40(5-2)18-19-41(21-25-6-10-27(11-7-25)28-12-14-29(15-13-28)34(36,37)38)31(22-43)42-20-24(3)32(44)39-33(42)45-23-26-8-16-30(35)17-9-26/h6-17,20,22,31H,4-5,18-19,21,23H2,1-3H3. The zero-order valence-corrected chi connectivity index (χ0v) is 26.2. The van der Waals surface area contributed by atoms with E-state index in [0.717, 1.165) is 48.2 Å². The van der Waals surface area contributed by atoms with Crippen molar-refractivity contribution in [2.75, 3.05) is 26.2 Å². The lowest BCUT2D eigenvalue weighted by Crippen LogP contribution is -2.40. The second kappa shape index (κ2) is 15.5. The third-order valence-electron chi connectivity index (χ3n) is 7.63. The third kappa shape index (κ3) is 9.12. The van der Waals surface area contributed by atoms with E-state index < -0.39 is 17.9 Å². The number of hydrogen-bond donors (Lipinski definition) is 0. The van der Waals surface area contributed by atoms with Gasteiger partial charge in [0.05, 0.1) is 5.56 Å². The van der Waals surface area contributed by atoms with E-state index in [-0.39, 0.29) is 11.4 Å². The van der Waals surface area contributed by atoms with Crippen LogP contribution in [-0.2, 0) is 23.3 Å². The van der Waals surface area contributed by atoms with Crippen molar-refractivity contribution in [1.82, 2.24) is 19.4 Å². The number of alkyl halides is 3. The molecule has 0 aliphatic carbocycles. The molecular formula is C34H36F4N4O2S. The smallest absolute Gasteiger partial charge is 0.304 e. The zero-order valence-electron chi connectivity index (χ0n) is 25.4. The number of carbonyl (C=O) groups is 1. The summed E-state index contributed by atoms with van der Waals surface area (Å²) in [6, 6.07) is 18.6. The Hall–Kier alpha value is -3.80. The maximum atomic E-state index is 13.4. The Labute approximate surface area is 264 Å². The first-order valence-electron chi connectivity index (χ1n) is 14.7. The summed E-state index contributed by atoms with van der Waals surface area (Å²) in [6.07, 6.45) is -2.69. The lowest BCUT2D eigenvalue weighted by molar-refractivity contribution is -0.137. The minimum absolute atomic E-state index is 0.341. The van der Waals surface area contributed by atoms with Crippen molar-refractivity contribution >= 4 is 18.0 Å². The summed E-state index contributed by atoms with van der Waals surface area (Å²) in [5.74, 6) is 0.0815. The number of thioether (sulfide) groups is 1. The second-order valence-corrected chi connectivity index (χ2v) is 11.6. The Kier molecular flexibility index (Phi) is 11.7. The molecule has 4 aromatic rings. The van der Waals surface area contributed by atoms with Crippen LogP contribution in [0.3, 0.4) is 0 Å². The number of likely N-dealkylation sites (N-methyl/N-ethyl adjacent to an activating group) is 1. The van der Waals surface area contributed by atoms with E-state index in [2.05, 4.69) is 23.7 Å². The maximum absolute atomic E-state index is 13.4. The van der Waals surface area contributed by atoms with E-state index in [4.69, 9.17) is 0 Å². The average molecular weight is 641 g/mol. The van der Waals surface area contributed by atoms with Gasteiger partial charge in [-0.1, -0.05) is 74.1 Å². The number of rotatable bonds is 14. The Morgan fingerprint density at radius 3 is 2.02 bits per heavy atom. The Balaban J connectivity index is 1.62. The number of aldehydes is 1. The van der Waals surface area contributed by atoms with Crippen LogP contribution in [-0.4, -0.2) is 51.8 Å². The number of hydrogen-bond acceptors (Lipinski definition) is 6. The fraction of sp³-hybridized carbons (Fsp3) is 0.324. The minimum Gasteiger partial charge on any atom is -0.304 e. The number of nitrogens with zero attached hydrogens (tertiary/aromatic N) is 4. The van der Waals surface area contributed by atoms with Crippen molar-refractivity contribution in [1.29, 1.82) is 0 Å². The summed E-state index contributed by atoms with van der Waals surface area (Å²) in [5, 5.41) is 0.373. The minimum atomic E-state index is -4.40. The van der Waals surface area contributed by atoms with Crippen LogP contribution in [0.4, 0.5) is 17.6 Å². The highest BCUT2D eigenvalue weighted by atomic mass is 32.2. The molecule has 0 aliphatic heterocycles. The highest BCUT2D eigenvalue weighted by molar-refractivity contribution is 7.98. The van der Waals surface area contributed by atoms with Crippen LogP contribution in [0.25, 0.3) is 11.1 Å². The molecule has 6 nitrogen and oxygen atoms in total. The molecule has 0 fully saturated rings. The molecule has 0 amide bonds. The van der Waals surface area contributed by atoms with Crippen LogP contribution in [0.1, 0.15) is 42.3 Å². The van der Waals surface area contributed by atoms with Crippen LogP contribution < -0.4 is 5.56 Å². The highest BCUT2D eigenvalue weighted by Gasteiger charge is 2.30. The maximum Gasteiger partial charge on any atom is 0.416 e. The van der Waals surface area contributed by atoms with Gasteiger partial charge in [0.1, 0.15) is 12.0 Å². The van der Waals surface area contributed by atoms with E-state index in [9.17, 15) is 27.2 Å². The van der Waals surface area contributed by atoms with E-state index in [1.165, 1.54) is 36.0 Å². The van der Waals surface area contributed by atoms with Crippen molar-refractivity contribution in [3.05, 3.63) is 117 Å². The molecule has 0 radical (unpaired) electrons. The molecule has 0 bridgehead atoms. The third-order valence-corrected chi connectivity index (χ3v) is 8.67. The summed E-state index contributed by atoms with van der Waals surface area (Å²) < 4.78 is 54.2. The predicted molar refractivity (Wildman–Crippen MR) is 169 cm³/mol. The fourth-order valence-corrected chi connectivity index (χ4v) is 5.85. The first-order chi connectivity index (χ1) is 21.5. The SMILES string of the molecule is CCN(CC)CCN(Cc1ccc(-c2ccc(C(F)(F)F)cc2)cc1)C(C=O)n1cc(C)c(=O)nc1SCc1ccc(F)cc1. The summed E-state index contributed by atoms with van der Waals surface area (Å²) in [7, 11) is 0. The number of aromatic nitrogens is 2. The van der Waals surface area contributed by atoms with Crippen LogP contribution in [0.5, 0.6) is 0 Å². The van der Waals surface area contributed by atoms with Crippen molar-refractivity contribution in [3.63, 3.8) is 0 Å². The summed E-state index contributed by atoms with van der Waals surface area (Å²) in [5.41, 5.74) is 2.50. The quantitative estimate of drug-likeness (QED) is 0.0629. The summed E-state index contributed by atoms with van der Waals surface area (Å²) in [4.78, 5) is 33.9. The van der Waals surface area contributed by atoms with Gasteiger partial charge in [-0.3, -0.25) is 14.5 Å². The van der Waals surface area contributed by atoms with Crippen LogP contribution >= 0.6 is 11.8 Å².